The van der Waals surface area contributed by atoms with Crippen LogP contribution in [0.25, 0.3) is 0 Å². The zero-order valence-electron chi connectivity index (χ0n) is 8.61. The molecule has 2 atom stereocenters. The molecule has 0 aliphatic heterocycles. The van der Waals surface area contributed by atoms with Gasteiger partial charge in [-0.3, -0.25) is 9.00 Å². The van der Waals surface area contributed by atoms with E-state index in [1.807, 2.05) is 30.3 Å². The molecule has 1 aromatic carbocycles. The van der Waals surface area contributed by atoms with Crippen LogP contribution in [0.2, 0.25) is 0 Å². The van der Waals surface area contributed by atoms with Crippen molar-refractivity contribution in [2.45, 2.75) is 14.9 Å². The first kappa shape index (κ1) is 14.8. The zero-order valence-corrected chi connectivity index (χ0v) is 11.7. The van der Waals surface area contributed by atoms with Gasteiger partial charge in [-0.2, -0.15) is 0 Å². The van der Waals surface area contributed by atoms with Crippen LogP contribution in [0.15, 0.2) is 30.3 Å². The van der Waals surface area contributed by atoms with E-state index in [0.717, 1.165) is 5.56 Å². The maximum atomic E-state index is 12.0. The molecular weight excluding hydrogens is 305 g/mol. The molecule has 0 heterocycles. The molecule has 0 spiro atoms. The number of alkyl halides is 3. The molecule has 0 aliphatic rings. The first-order chi connectivity index (χ1) is 7.95. The number of hydrogen-bond acceptors (Lipinski definition) is 2. The van der Waals surface area contributed by atoms with E-state index in [1.165, 1.54) is 0 Å². The Morgan fingerprint density at radius 2 is 1.88 bits per heavy atom. The van der Waals surface area contributed by atoms with Gasteiger partial charge in [-0.15, -0.1) is 0 Å². The van der Waals surface area contributed by atoms with Crippen LogP contribution in [0, 0.1) is 0 Å². The highest BCUT2D eigenvalue weighted by molar-refractivity contribution is 7.85. The van der Waals surface area contributed by atoms with Gasteiger partial charge in [0.05, 0.1) is 16.6 Å². The SMILES string of the molecule is O=CN[C@H]([S@](=O)Cc1ccccc1)C(Cl)(Cl)Cl. The quantitative estimate of drug-likeness (QED) is 0.670. The summed E-state index contributed by atoms with van der Waals surface area (Å²) in [5, 5.41) is 1.23. The van der Waals surface area contributed by atoms with Gasteiger partial charge in [0, 0.05) is 0 Å². The van der Waals surface area contributed by atoms with Crippen molar-refractivity contribution >= 4 is 52.0 Å². The summed E-state index contributed by atoms with van der Waals surface area (Å²) in [5.41, 5.74) is 0.845. The third-order valence-electron chi connectivity index (χ3n) is 1.93. The fraction of sp³-hybridized carbons (Fsp3) is 0.300. The van der Waals surface area contributed by atoms with Crippen LogP contribution in [0.3, 0.4) is 0 Å². The van der Waals surface area contributed by atoms with Gasteiger partial charge in [0.15, 0.2) is 5.37 Å². The molecule has 0 unspecified atom stereocenters. The highest BCUT2D eigenvalue weighted by atomic mass is 35.6. The lowest BCUT2D eigenvalue weighted by Crippen LogP contribution is -2.43. The topological polar surface area (TPSA) is 46.2 Å². The Morgan fingerprint density at radius 3 is 2.35 bits per heavy atom. The fourth-order valence-corrected chi connectivity index (χ4v) is 3.48. The average molecular weight is 315 g/mol. The van der Waals surface area contributed by atoms with Crippen molar-refractivity contribution in [2.24, 2.45) is 0 Å². The first-order valence-electron chi connectivity index (χ1n) is 4.62. The third-order valence-corrected chi connectivity index (χ3v) is 4.61. The highest BCUT2D eigenvalue weighted by Gasteiger charge is 2.37. The summed E-state index contributed by atoms with van der Waals surface area (Å²) in [6.45, 7) is 0. The molecule has 3 nitrogen and oxygen atoms in total. The van der Waals surface area contributed by atoms with Crippen molar-refractivity contribution in [1.29, 1.82) is 0 Å². The molecule has 0 bridgehead atoms. The molecule has 0 fully saturated rings. The fourth-order valence-electron chi connectivity index (χ4n) is 1.20. The molecule has 94 valence electrons. The second-order valence-electron chi connectivity index (χ2n) is 3.22. The summed E-state index contributed by atoms with van der Waals surface area (Å²) >= 11 is 17.0. The van der Waals surface area contributed by atoms with E-state index >= 15 is 0 Å². The van der Waals surface area contributed by atoms with Crippen LogP contribution in [-0.2, 0) is 21.3 Å². The lowest BCUT2D eigenvalue weighted by Gasteiger charge is -2.22. The Balaban J connectivity index is 2.76. The second kappa shape index (κ2) is 6.59. The van der Waals surface area contributed by atoms with E-state index in [4.69, 9.17) is 34.8 Å². The Bertz CT molecular complexity index is 394. The summed E-state index contributed by atoms with van der Waals surface area (Å²) in [6, 6.07) is 9.12. The van der Waals surface area contributed by atoms with Gasteiger partial charge in [0.25, 0.3) is 0 Å². The van der Waals surface area contributed by atoms with E-state index in [9.17, 15) is 9.00 Å². The summed E-state index contributed by atoms with van der Waals surface area (Å²) < 4.78 is 10.2. The Labute approximate surface area is 117 Å². The smallest absolute Gasteiger partial charge is 0.222 e. The van der Waals surface area contributed by atoms with E-state index in [1.54, 1.807) is 0 Å². The van der Waals surface area contributed by atoms with E-state index in [2.05, 4.69) is 5.32 Å². The van der Waals surface area contributed by atoms with Crippen LogP contribution in [0.5, 0.6) is 0 Å². The lowest BCUT2D eigenvalue weighted by molar-refractivity contribution is -0.109. The number of carbonyl (C=O) groups excluding carboxylic acids is 1. The number of benzene rings is 1. The van der Waals surface area contributed by atoms with Crippen LogP contribution < -0.4 is 5.32 Å². The predicted molar refractivity (Wildman–Crippen MR) is 71.6 cm³/mol. The first-order valence-corrected chi connectivity index (χ1v) is 7.14. The van der Waals surface area contributed by atoms with Crippen LogP contribution in [0.1, 0.15) is 5.56 Å². The number of hydrogen-bond donors (Lipinski definition) is 1. The molecular formula is C10H10Cl3NO2S. The summed E-state index contributed by atoms with van der Waals surface area (Å²) in [6.07, 6.45) is 0.370. The molecule has 0 radical (unpaired) electrons. The van der Waals surface area contributed by atoms with Crippen LogP contribution in [0.4, 0.5) is 0 Å². The standard InChI is InChI=1S/C10H10Cl3NO2S/c11-10(12,13)9(14-7-15)17(16)6-8-4-2-1-3-5-8/h1-5,7,9H,6H2,(H,14,15)/t9-,17-/m1/s1. The van der Waals surface area contributed by atoms with Crippen molar-refractivity contribution in [3.8, 4) is 0 Å². The number of amides is 1. The van der Waals surface area contributed by atoms with Gasteiger partial charge in [0.2, 0.25) is 10.2 Å². The Morgan fingerprint density at radius 1 is 1.29 bits per heavy atom. The largest absolute Gasteiger partial charge is 0.341 e. The lowest BCUT2D eigenvalue weighted by atomic mass is 10.2. The molecule has 0 aliphatic carbocycles. The average Bonchev–Trinajstić information content (AvgIpc) is 2.25. The van der Waals surface area contributed by atoms with Crippen LogP contribution in [-0.4, -0.2) is 19.8 Å². The van der Waals surface area contributed by atoms with Gasteiger partial charge in [-0.1, -0.05) is 65.1 Å². The molecule has 7 heteroatoms. The maximum absolute atomic E-state index is 12.0. The third kappa shape index (κ3) is 4.84. The summed E-state index contributed by atoms with van der Waals surface area (Å²) in [4.78, 5) is 10.4. The van der Waals surface area contributed by atoms with Crippen molar-refractivity contribution < 1.29 is 9.00 Å². The molecule has 1 aromatic rings. The highest BCUT2D eigenvalue weighted by Crippen LogP contribution is 2.32. The van der Waals surface area contributed by atoms with Gasteiger partial charge >= 0.3 is 0 Å². The Kier molecular flexibility index (Phi) is 5.73. The number of halogens is 3. The van der Waals surface area contributed by atoms with Gasteiger partial charge in [-0.25, -0.2) is 0 Å². The molecule has 0 saturated carbocycles. The minimum atomic E-state index is -1.81. The van der Waals surface area contributed by atoms with Crippen LogP contribution >= 0.6 is 34.8 Å². The number of carbonyl (C=O) groups is 1. The molecule has 1 amide bonds. The maximum Gasteiger partial charge on any atom is 0.222 e. The molecule has 0 saturated heterocycles. The van der Waals surface area contributed by atoms with E-state index in [0.29, 0.717) is 6.41 Å². The molecule has 0 aromatic heterocycles. The minimum absolute atomic E-state index is 0.209. The van der Waals surface area contributed by atoms with Gasteiger partial charge < -0.3 is 5.32 Å². The predicted octanol–water partition coefficient (Wildman–Crippen LogP) is 2.38. The van der Waals surface area contributed by atoms with E-state index in [-0.39, 0.29) is 5.75 Å². The molecule has 1 N–H and O–H groups in total. The van der Waals surface area contributed by atoms with E-state index < -0.39 is 20.0 Å². The van der Waals surface area contributed by atoms with Gasteiger partial charge in [0.1, 0.15) is 0 Å². The normalized spacial score (nSPS) is 15.0. The second-order valence-corrected chi connectivity index (χ2v) is 7.11. The number of rotatable bonds is 5. The Hall–Kier alpha value is -0.290. The number of nitrogens with one attached hydrogen (secondary N) is 1. The van der Waals surface area contributed by atoms with Crippen molar-refractivity contribution in [3.63, 3.8) is 0 Å². The monoisotopic (exact) mass is 313 g/mol. The zero-order chi connectivity index (χ0) is 12.9. The molecule has 1 rings (SSSR count). The summed E-state index contributed by atoms with van der Waals surface area (Å²) in [7, 11) is -1.52. The van der Waals surface area contributed by atoms with Crippen molar-refractivity contribution in [2.75, 3.05) is 0 Å². The molecule has 17 heavy (non-hydrogen) atoms. The van der Waals surface area contributed by atoms with Gasteiger partial charge in [-0.05, 0) is 5.56 Å². The van der Waals surface area contributed by atoms with Crippen molar-refractivity contribution in [3.05, 3.63) is 35.9 Å². The minimum Gasteiger partial charge on any atom is -0.341 e. The summed E-state index contributed by atoms with van der Waals surface area (Å²) in [5.74, 6) is 0.209. The van der Waals surface area contributed by atoms with Crippen molar-refractivity contribution in [1.82, 2.24) is 5.32 Å².